The number of aromatic nitrogens is 2. The van der Waals surface area contributed by atoms with Gasteiger partial charge < -0.3 is 10.3 Å². The fourth-order valence-corrected chi connectivity index (χ4v) is 2.31. The third kappa shape index (κ3) is 1.81. The molecular formula is C12H19N3. The highest BCUT2D eigenvalue weighted by Gasteiger charge is 2.29. The van der Waals surface area contributed by atoms with E-state index in [4.69, 9.17) is 4.98 Å². The van der Waals surface area contributed by atoms with E-state index in [9.17, 15) is 0 Å². The van der Waals surface area contributed by atoms with Gasteiger partial charge in [-0.05, 0) is 38.3 Å². The number of aryl methyl sites for hydroxylation is 1. The topological polar surface area (TPSA) is 40.7 Å². The average Bonchev–Trinajstić information content (AvgIpc) is 2.93. The number of hydrogen-bond donors (Lipinski definition) is 2. The van der Waals surface area contributed by atoms with Gasteiger partial charge in [0.05, 0.1) is 5.69 Å². The lowest BCUT2D eigenvalue weighted by atomic mass is 9.99. The lowest BCUT2D eigenvalue weighted by Crippen LogP contribution is -2.43. The zero-order valence-corrected chi connectivity index (χ0v) is 9.34. The van der Waals surface area contributed by atoms with Crippen LogP contribution in [-0.4, -0.2) is 23.1 Å². The zero-order chi connectivity index (χ0) is 10.3. The average molecular weight is 205 g/mol. The van der Waals surface area contributed by atoms with Crippen molar-refractivity contribution in [3.05, 3.63) is 17.2 Å². The maximum Gasteiger partial charge on any atom is 0.106 e. The number of nitrogens with one attached hydrogen (secondary N) is 2. The third-order valence-electron chi connectivity index (χ3n) is 3.53. The van der Waals surface area contributed by atoms with E-state index < -0.39 is 0 Å². The van der Waals surface area contributed by atoms with Crippen molar-refractivity contribution in [1.82, 2.24) is 15.3 Å². The molecule has 0 radical (unpaired) electrons. The number of hydrogen-bond acceptors (Lipinski definition) is 2. The van der Waals surface area contributed by atoms with E-state index in [0.29, 0.717) is 0 Å². The quantitative estimate of drug-likeness (QED) is 0.784. The van der Waals surface area contributed by atoms with Crippen molar-refractivity contribution in [1.29, 1.82) is 0 Å². The number of imidazole rings is 1. The predicted octanol–water partition coefficient (Wildman–Crippen LogP) is 1.61. The van der Waals surface area contributed by atoms with Crippen LogP contribution in [0.4, 0.5) is 0 Å². The first kappa shape index (κ1) is 9.40. The van der Waals surface area contributed by atoms with Gasteiger partial charge in [-0.25, -0.2) is 4.98 Å². The fourth-order valence-electron chi connectivity index (χ4n) is 2.31. The van der Waals surface area contributed by atoms with E-state index in [1.807, 2.05) is 0 Å². The molecule has 1 aromatic rings. The molecule has 3 heteroatoms. The summed E-state index contributed by atoms with van der Waals surface area (Å²) in [6.07, 6.45) is 4.93. The van der Waals surface area contributed by atoms with Gasteiger partial charge in [0.25, 0.3) is 0 Å². The summed E-state index contributed by atoms with van der Waals surface area (Å²) in [5.41, 5.74) is 2.76. The van der Waals surface area contributed by atoms with E-state index in [2.05, 4.69) is 17.2 Å². The first-order valence-corrected chi connectivity index (χ1v) is 6.15. The molecule has 2 N–H and O–H groups in total. The maximum atomic E-state index is 4.78. The molecule has 2 aliphatic rings. The van der Waals surface area contributed by atoms with Crippen LogP contribution in [-0.2, 0) is 12.8 Å². The SMILES string of the molecule is CCc1[nH]c(CC2CNC2)nc1C1CC1. The van der Waals surface area contributed by atoms with Crippen LogP contribution in [0.3, 0.4) is 0 Å². The molecule has 0 unspecified atom stereocenters. The summed E-state index contributed by atoms with van der Waals surface area (Å²) >= 11 is 0. The largest absolute Gasteiger partial charge is 0.346 e. The van der Waals surface area contributed by atoms with Crippen molar-refractivity contribution in [3.8, 4) is 0 Å². The lowest BCUT2D eigenvalue weighted by Gasteiger charge is -2.25. The second kappa shape index (κ2) is 3.63. The highest BCUT2D eigenvalue weighted by atomic mass is 15.0. The maximum absolute atomic E-state index is 4.78. The summed E-state index contributed by atoms with van der Waals surface area (Å²) < 4.78 is 0. The molecule has 0 spiro atoms. The third-order valence-corrected chi connectivity index (χ3v) is 3.53. The Morgan fingerprint density at radius 2 is 2.13 bits per heavy atom. The number of rotatable bonds is 4. The molecule has 0 bridgehead atoms. The van der Waals surface area contributed by atoms with E-state index >= 15 is 0 Å². The summed E-state index contributed by atoms with van der Waals surface area (Å²) in [6, 6.07) is 0. The van der Waals surface area contributed by atoms with Gasteiger partial charge >= 0.3 is 0 Å². The Labute approximate surface area is 90.7 Å². The highest BCUT2D eigenvalue weighted by Crippen LogP contribution is 2.40. The molecule has 0 amide bonds. The van der Waals surface area contributed by atoms with Crippen molar-refractivity contribution in [2.24, 2.45) is 5.92 Å². The normalized spacial score (nSPS) is 21.7. The van der Waals surface area contributed by atoms with Crippen molar-refractivity contribution in [2.75, 3.05) is 13.1 Å². The molecule has 0 aromatic carbocycles. The zero-order valence-electron chi connectivity index (χ0n) is 9.34. The van der Waals surface area contributed by atoms with Crippen LogP contribution in [0.5, 0.6) is 0 Å². The van der Waals surface area contributed by atoms with E-state index in [-0.39, 0.29) is 0 Å². The number of H-pyrrole nitrogens is 1. The van der Waals surface area contributed by atoms with E-state index in [0.717, 1.165) is 24.7 Å². The number of nitrogens with zero attached hydrogens (tertiary/aromatic N) is 1. The van der Waals surface area contributed by atoms with E-state index in [1.165, 1.54) is 43.1 Å². The Morgan fingerprint density at radius 1 is 1.33 bits per heavy atom. The molecule has 82 valence electrons. The molecule has 1 saturated heterocycles. The highest BCUT2D eigenvalue weighted by molar-refractivity contribution is 5.23. The van der Waals surface area contributed by atoms with Crippen LogP contribution in [0.25, 0.3) is 0 Å². The molecule has 2 heterocycles. The Hall–Kier alpha value is -0.830. The number of aromatic amines is 1. The van der Waals surface area contributed by atoms with Crippen molar-refractivity contribution in [2.45, 2.75) is 38.5 Å². The summed E-state index contributed by atoms with van der Waals surface area (Å²) in [5.74, 6) is 2.82. The van der Waals surface area contributed by atoms with Crippen LogP contribution >= 0.6 is 0 Å². The Bertz CT molecular complexity index is 348. The van der Waals surface area contributed by atoms with Gasteiger partial charge in [-0.1, -0.05) is 6.92 Å². The lowest BCUT2D eigenvalue weighted by molar-refractivity contribution is 0.341. The van der Waals surface area contributed by atoms with Crippen LogP contribution in [0.1, 0.15) is 42.9 Å². The molecule has 1 aromatic heterocycles. The van der Waals surface area contributed by atoms with Gasteiger partial charge in [0.2, 0.25) is 0 Å². The fraction of sp³-hybridized carbons (Fsp3) is 0.750. The van der Waals surface area contributed by atoms with Crippen LogP contribution in [0, 0.1) is 5.92 Å². The van der Waals surface area contributed by atoms with Gasteiger partial charge in [0, 0.05) is 18.0 Å². The van der Waals surface area contributed by atoms with Crippen molar-refractivity contribution in [3.63, 3.8) is 0 Å². The van der Waals surface area contributed by atoms with Crippen LogP contribution in [0.15, 0.2) is 0 Å². The van der Waals surface area contributed by atoms with Crippen LogP contribution in [0.2, 0.25) is 0 Å². The molecule has 1 saturated carbocycles. The molecule has 3 rings (SSSR count). The van der Waals surface area contributed by atoms with Gasteiger partial charge in [-0.3, -0.25) is 0 Å². The molecule has 3 nitrogen and oxygen atoms in total. The molecular weight excluding hydrogens is 186 g/mol. The second-order valence-corrected chi connectivity index (χ2v) is 4.90. The standard InChI is InChI=1S/C12H19N3/c1-2-10-12(9-3-4-9)15-11(14-10)5-8-6-13-7-8/h8-9,13H,2-7H2,1H3,(H,14,15). The van der Waals surface area contributed by atoms with E-state index in [1.54, 1.807) is 0 Å². The Kier molecular flexibility index (Phi) is 2.28. The van der Waals surface area contributed by atoms with Crippen molar-refractivity contribution < 1.29 is 0 Å². The minimum absolute atomic E-state index is 0.782. The summed E-state index contributed by atoms with van der Waals surface area (Å²) in [6.45, 7) is 4.55. The smallest absolute Gasteiger partial charge is 0.106 e. The summed E-state index contributed by atoms with van der Waals surface area (Å²) in [4.78, 5) is 8.29. The minimum atomic E-state index is 0.782. The first-order valence-electron chi connectivity index (χ1n) is 6.15. The second-order valence-electron chi connectivity index (χ2n) is 4.90. The molecule has 15 heavy (non-hydrogen) atoms. The summed E-state index contributed by atoms with van der Waals surface area (Å²) in [5, 5.41) is 3.31. The first-order chi connectivity index (χ1) is 7.36. The minimum Gasteiger partial charge on any atom is -0.346 e. The van der Waals surface area contributed by atoms with Gasteiger partial charge in [0.1, 0.15) is 5.82 Å². The predicted molar refractivity (Wildman–Crippen MR) is 60.0 cm³/mol. The molecule has 2 fully saturated rings. The Morgan fingerprint density at radius 3 is 2.67 bits per heavy atom. The van der Waals surface area contributed by atoms with Gasteiger partial charge in [0.15, 0.2) is 0 Å². The molecule has 1 aliphatic heterocycles. The molecule has 0 atom stereocenters. The monoisotopic (exact) mass is 205 g/mol. The van der Waals surface area contributed by atoms with Gasteiger partial charge in [-0.2, -0.15) is 0 Å². The Balaban J connectivity index is 1.76. The summed E-state index contributed by atoms with van der Waals surface area (Å²) in [7, 11) is 0. The van der Waals surface area contributed by atoms with Crippen LogP contribution < -0.4 is 5.32 Å². The van der Waals surface area contributed by atoms with Gasteiger partial charge in [-0.15, -0.1) is 0 Å². The van der Waals surface area contributed by atoms with Crippen molar-refractivity contribution >= 4 is 0 Å². The molecule has 1 aliphatic carbocycles.